The monoisotopic (exact) mass is 303 g/mol. The van der Waals surface area contributed by atoms with Crippen LogP contribution in [0.1, 0.15) is 38.3 Å². The Balaban J connectivity index is 2.73. The van der Waals surface area contributed by atoms with Crippen LogP contribution in [0.25, 0.3) is 0 Å². The maximum atomic E-state index is 12.5. The van der Waals surface area contributed by atoms with E-state index in [0.717, 1.165) is 30.8 Å². The van der Waals surface area contributed by atoms with Crippen LogP contribution in [0.4, 0.5) is 13.2 Å². The van der Waals surface area contributed by atoms with Gasteiger partial charge in [0.1, 0.15) is 0 Å². The van der Waals surface area contributed by atoms with Gasteiger partial charge < -0.3 is 5.11 Å². The summed E-state index contributed by atoms with van der Waals surface area (Å²) in [6.07, 6.45) is -3.63. The van der Waals surface area contributed by atoms with Crippen LogP contribution in [0.5, 0.6) is 0 Å². The highest BCUT2D eigenvalue weighted by molar-refractivity contribution is 5.24. The van der Waals surface area contributed by atoms with Gasteiger partial charge in [0, 0.05) is 26.2 Å². The molecule has 0 heterocycles. The first-order valence-corrected chi connectivity index (χ1v) is 7.11. The van der Waals surface area contributed by atoms with E-state index < -0.39 is 11.7 Å². The third-order valence-electron chi connectivity index (χ3n) is 3.02. The van der Waals surface area contributed by atoms with Crippen molar-refractivity contribution in [3.63, 3.8) is 0 Å². The summed E-state index contributed by atoms with van der Waals surface area (Å²) in [4.78, 5) is 2.17. The first-order valence-electron chi connectivity index (χ1n) is 7.11. The molecule has 0 atom stereocenters. The summed E-state index contributed by atoms with van der Waals surface area (Å²) >= 11 is 0. The van der Waals surface area contributed by atoms with Crippen LogP contribution in [-0.2, 0) is 12.7 Å². The smallest absolute Gasteiger partial charge is 0.396 e. The van der Waals surface area contributed by atoms with E-state index >= 15 is 0 Å². The molecule has 0 amide bonds. The fourth-order valence-electron chi connectivity index (χ4n) is 2.24. The Bertz CT molecular complexity index is 421. The number of aliphatic hydroxyl groups is 1. The number of halogens is 3. The lowest BCUT2D eigenvalue weighted by atomic mass is 9.95. The molecule has 0 bridgehead atoms. The molecule has 0 aliphatic heterocycles. The van der Waals surface area contributed by atoms with Gasteiger partial charge in [0.15, 0.2) is 0 Å². The number of hydrogen-bond donors (Lipinski definition) is 1. The average Bonchev–Trinajstić information content (AvgIpc) is 2.33. The molecule has 0 unspecified atom stereocenters. The minimum absolute atomic E-state index is 0.0986. The Morgan fingerprint density at radius 3 is 2.05 bits per heavy atom. The Hall–Kier alpha value is -1.07. The van der Waals surface area contributed by atoms with Crippen molar-refractivity contribution in [2.75, 3.05) is 19.7 Å². The van der Waals surface area contributed by atoms with Gasteiger partial charge in [-0.15, -0.1) is 0 Å². The summed E-state index contributed by atoms with van der Waals surface area (Å²) in [7, 11) is 0. The molecule has 1 rings (SSSR count). The zero-order valence-corrected chi connectivity index (χ0v) is 12.9. The van der Waals surface area contributed by atoms with E-state index in [2.05, 4.69) is 25.7 Å². The van der Waals surface area contributed by atoms with Gasteiger partial charge in [-0.3, -0.25) is 4.90 Å². The molecule has 1 aromatic rings. The third kappa shape index (κ3) is 6.96. The molecule has 0 spiro atoms. The lowest BCUT2D eigenvalue weighted by Gasteiger charge is -2.30. The lowest BCUT2D eigenvalue weighted by molar-refractivity contribution is -0.137. The second kappa shape index (κ2) is 7.27. The van der Waals surface area contributed by atoms with E-state index in [-0.39, 0.29) is 12.0 Å². The maximum Gasteiger partial charge on any atom is 0.416 e. The largest absolute Gasteiger partial charge is 0.416 e. The van der Waals surface area contributed by atoms with Crippen LogP contribution in [-0.4, -0.2) is 29.7 Å². The van der Waals surface area contributed by atoms with Crippen LogP contribution in [0.15, 0.2) is 24.3 Å². The molecule has 0 aromatic heterocycles. The lowest BCUT2D eigenvalue weighted by Crippen LogP contribution is -2.33. The van der Waals surface area contributed by atoms with Gasteiger partial charge in [-0.1, -0.05) is 32.9 Å². The Kier molecular flexibility index (Phi) is 6.23. The van der Waals surface area contributed by atoms with Gasteiger partial charge in [-0.2, -0.15) is 13.2 Å². The third-order valence-corrected chi connectivity index (χ3v) is 3.02. The second-order valence-electron chi connectivity index (χ2n) is 6.54. The fourth-order valence-corrected chi connectivity index (χ4v) is 2.24. The van der Waals surface area contributed by atoms with Crippen LogP contribution >= 0.6 is 0 Å². The summed E-state index contributed by atoms with van der Waals surface area (Å²) in [5.74, 6) is 0. The summed E-state index contributed by atoms with van der Waals surface area (Å²) < 4.78 is 37.6. The minimum atomic E-state index is -4.29. The SMILES string of the molecule is CC(C)(C)CN(CCCO)Cc1ccc(C(F)(F)F)cc1. The molecule has 0 aliphatic rings. The van der Waals surface area contributed by atoms with Crippen molar-refractivity contribution < 1.29 is 18.3 Å². The van der Waals surface area contributed by atoms with Gasteiger partial charge in [0.05, 0.1) is 5.56 Å². The van der Waals surface area contributed by atoms with Crippen molar-refractivity contribution in [2.24, 2.45) is 5.41 Å². The molecule has 1 aromatic carbocycles. The number of aliphatic hydroxyl groups excluding tert-OH is 1. The summed E-state index contributed by atoms with van der Waals surface area (Å²) in [6.45, 7) is 8.62. The highest BCUT2D eigenvalue weighted by Crippen LogP contribution is 2.29. The van der Waals surface area contributed by atoms with E-state index in [1.165, 1.54) is 12.1 Å². The Labute approximate surface area is 124 Å². The minimum Gasteiger partial charge on any atom is -0.396 e. The van der Waals surface area contributed by atoms with Gasteiger partial charge in [-0.05, 0) is 29.5 Å². The highest BCUT2D eigenvalue weighted by atomic mass is 19.4. The molecular formula is C16H24F3NO. The van der Waals surface area contributed by atoms with E-state index in [1.807, 2.05) is 0 Å². The van der Waals surface area contributed by atoms with Crippen LogP contribution in [0, 0.1) is 5.41 Å². The van der Waals surface area contributed by atoms with Gasteiger partial charge >= 0.3 is 6.18 Å². The maximum absolute atomic E-state index is 12.5. The zero-order valence-electron chi connectivity index (χ0n) is 12.9. The topological polar surface area (TPSA) is 23.5 Å². The van der Waals surface area contributed by atoms with E-state index in [4.69, 9.17) is 5.11 Å². The van der Waals surface area contributed by atoms with Crippen LogP contribution < -0.4 is 0 Å². The number of rotatable bonds is 6. The average molecular weight is 303 g/mol. The molecule has 2 nitrogen and oxygen atoms in total. The van der Waals surface area contributed by atoms with Gasteiger partial charge in [-0.25, -0.2) is 0 Å². The second-order valence-corrected chi connectivity index (χ2v) is 6.54. The van der Waals surface area contributed by atoms with Crippen molar-refractivity contribution in [2.45, 2.75) is 39.9 Å². The molecule has 0 saturated heterocycles. The van der Waals surface area contributed by atoms with E-state index in [0.29, 0.717) is 13.0 Å². The normalized spacial score (nSPS) is 13.0. The van der Waals surface area contributed by atoms with Crippen molar-refractivity contribution in [1.29, 1.82) is 0 Å². The first kappa shape index (κ1) is 18.0. The molecule has 120 valence electrons. The standard InChI is InChI=1S/C16H24F3NO/c1-15(2,3)12-20(9-4-10-21)11-13-5-7-14(8-6-13)16(17,18)19/h5-8,21H,4,9-12H2,1-3H3. The molecule has 0 radical (unpaired) electrons. The Morgan fingerprint density at radius 1 is 1.05 bits per heavy atom. The number of benzene rings is 1. The van der Waals surface area contributed by atoms with E-state index in [9.17, 15) is 13.2 Å². The highest BCUT2D eigenvalue weighted by Gasteiger charge is 2.30. The van der Waals surface area contributed by atoms with E-state index in [1.54, 1.807) is 0 Å². The van der Waals surface area contributed by atoms with Gasteiger partial charge in [0.2, 0.25) is 0 Å². The van der Waals surface area contributed by atoms with Crippen LogP contribution in [0.2, 0.25) is 0 Å². The summed E-state index contributed by atoms with van der Waals surface area (Å²) in [6, 6.07) is 5.29. The predicted octanol–water partition coefficient (Wildman–Crippen LogP) is 3.94. The fraction of sp³-hybridized carbons (Fsp3) is 0.625. The van der Waals surface area contributed by atoms with Crippen molar-refractivity contribution in [3.05, 3.63) is 35.4 Å². The molecule has 0 saturated carbocycles. The number of hydrogen-bond acceptors (Lipinski definition) is 2. The quantitative estimate of drug-likeness (QED) is 0.860. The van der Waals surface area contributed by atoms with Crippen molar-refractivity contribution in [1.82, 2.24) is 4.90 Å². The van der Waals surface area contributed by atoms with Crippen molar-refractivity contribution >= 4 is 0 Å². The summed E-state index contributed by atoms with van der Waals surface area (Å²) in [5.41, 5.74) is 0.329. The van der Waals surface area contributed by atoms with Crippen LogP contribution in [0.3, 0.4) is 0 Å². The van der Waals surface area contributed by atoms with Gasteiger partial charge in [0.25, 0.3) is 0 Å². The number of nitrogens with zero attached hydrogens (tertiary/aromatic N) is 1. The molecular weight excluding hydrogens is 279 g/mol. The summed E-state index contributed by atoms with van der Waals surface area (Å²) in [5, 5.41) is 8.95. The molecule has 0 fully saturated rings. The molecule has 5 heteroatoms. The predicted molar refractivity (Wildman–Crippen MR) is 77.9 cm³/mol. The molecule has 21 heavy (non-hydrogen) atoms. The molecule has 1 N–H and O–H groups in total. The first-order chi connectivity index (χ1) is 9.62. The molecule has 0 aliphatic carbocycles. The Morgan fingerprint density at radius 2 is 1.62 bits per heavy atom. The number of alkyl halides is 3. The zero-order chi connectivity index (χ0) is 16.1. The van der Waals surface area contributed by atoms with Crippen molar-refractivity contribution in [3.8, 4) is 0 Å².